The molecule has 0 radical (unpaired) electrons. The van der Waals surface area contributed by atoms with E-state index in [1.807, 2.05) is 35.2 Å². The Hall–Kier alpha value is -2.96. The molecule has 4 rings (SSSR count). The highest BCUT2D eigenvalue weighted by atomic mass is 16.5. The van der Waals surface area contributed by atoms with Gasteiger partial charge in [0.1, 0.15) is 18.1 Å². The molecule has 0 saturated carbocycles. The first-order valence-electron chi connectivity index (χ1n) is 9.00. The zero-order chi connectivity index (χ0) is 18.1. The van der Waals surface area contributed by atoms with Gasteiger partial charge in [-0.1, -0.05) is 0 Å². The second-order valence-corrected chi connectivity index (χ2v) is 6.71. The molecule has 0 unspecified atom stereocenters. The number of carbonyl (C=O) groups excluding carboxylic acids is 1. The normalized spacial score (nSPS) is 16.8. The zero-order valence-corrected chi connectivity index (χ0v) is 14.6. The first-order valence-corrected chi connectivity index (χ1v) is 9.00. The number of nitrogens with one attached hydrogen (secondary N) is 2. The Morgan fingerprint density at radius 1 is 1.12 bits per heavy atom. The number of benzene rings is 1. The molecule has 2 aliphatic heterocycles. The number of fused-ring (bicyclic) bond motifs is 1. The second kappa shape index (κ2) is 6.74. The van der Waals surface area contributed by atoms with Crippen LogP contribution in [0.3, 0.4) is 0 Å². The Morgan fingerprint density at radius 3 is 2.54 bits per heavy atom. The van der Waals surface area contributed by atoms with Gasteiger partial charge in [-0.2, -0.15) is 0 Å². The number of aromatic nitrogens is 1. The van der Waals surface area contributed by atoms with Crippen LogP contribution in [0.15, 0.2) is 30.3 Å². The number of nitrogens with zero attached hydrogens (tertiary/aromatic N) is 2. The maximum atomic E-state index is 12.8. The maximum absolute atomic E-state index is 12.8. The number of hydrogen-bond acceptors (Lipinski definition) is 4. The summed E-state index contributed by atoms with van der Waals surface area (Å²) >= 11 is 0. The number of anilines is 2. The third kappa shape index (κ3) is 3.00. The minimum Gasteiger partial charge on any atom is -0.488 e. The van der Waals surface area contributed by atoms with Crippen molar-refractivity contribution in [3.05, 3.63) is 41.6 Å². The summed E-state index contributed by atoms with van der Waals surface area (Å²) in [5.74, 6) is 1.59. The van der Waals surface area contributed by atoms with E-state index < -0.39 is 0 Å². The monoisotopic (exact) mass is 353 g/mol. The molecule has 1 saturated heterocycles. The number of amidine groups is 1. The van der Waals surface area contributed by atoms with Crippen molar-refractivity contribution in [2.75, 3.05) is 31.1 Å². The minimum atomic E-state index is 0.0366. The molecule has 2 aromatic rings. The van der Waals surface area contributed by atoms with Gasteiger partial charge in [-0.3, -0.25) is 10.2 Å². The molecule has 1 aromatic carbocycles. The van der Waals surface area contributed by atoms with E-state index in [1.165, 1.54) is 6.42 Å². The number of nitrogen functional groups attached to an aromatic ring is 1. The summed E-state index contributed by atoms with van der Waals surface area (Å²) in [4.78, 5) is 20.0. The van der Waals surface area contributed by atoms with Crippen LogP contribution in [0.1, 0.15) is 35.3 Å². The summed E-state index contributed by atoms with van der Waals surface area (Å²) in [5, 5.41) is 7.51. The van der Waals surface area contributed by atoms with E-state index in [-0.39, 0.29) is 11.7 Å². The molecule has 0 atom stereocenters. The van der Waals surface area contributed by atoms with Gasteiger partial charge >= 0.3 is 0 Å². The highest BCUT2D eigenvalue weighted by Gasteiger charge is 2.27. The SMILES string of the molecule is N=C(N)c1ccc(N2CCOc3cc(C(=O)N4CCCCC4)[nH]c32)cc1. The van der Waals surface area contributed by atoms with Crippen molar-refractivity contribution in [2.24, 2.45) is 5.73 Å². The number of likely N-dealkylation sites (tertiary alicyclic amines) is 1. The third-order valence-electron chi connectivity index (χ3n) is 4.97. The molecule has 1 fully saturated rings. The number of rotatable bonds is 3. The zero-order valence-electron chi connectivity index (χ0n) is 14.6. The summed E-state index contributed by atoms with van der Waals surface area (Å²) < 4.78 is 5.76. The molecule has 3 heterocycles. The maximum Gasteiger partial charge on any atom is 0.270 e. The van der Waals surface area contributed by atoms with Crippen LogP contribution in [0.25, 0.3) is 0 Å². The van der Waals surface area contributed by atoms with Crippen molar-refractivity contribution in [2.45, 2.75) is 19.3 Å². The molecular formula is C19H23N5O2. The van der Waals surface area contributed by atoms with Crippen molar-refractivity contribution in [3.63, 3.8) is 0 Å². The van der Waals surface area contributed by atoms with E-state index >= 15 is 0 Å². The average molecular weight is 353 g/mol. The largest absolute Gasteiger partial charge is 0.488 e. The topological polar surface area (TPSA) is 98.4 Å². The Balaban J connectivity index is 1.60. The lowest BCUT2D eigenvalue weighted by molar-refractivity contribution is 0.0719. The van der Waals surface area contributed by atoms with Crippen LogP contribution in [0.5, 0.6) is 5.75 Å². The summed E-state index contributed by atoms with van der Waals surface area (Å²) in [6, 6.07) is 9.32. The summed E-state index contributed by atoms with van der Waals surface area (Å²) in [6.45, 7) is 2.88. The van der Waals surface area contributed by atoms with Gasteiger partial charge in [0, 0.05) is 30.4 Å². The predicted molar refractivity (Wildman–Crippen MR) is 101 cm³/mol. The van der Waals surface area contributed by atoms with E-state index in [2.05, 4.69) is 9.88 Å². The standard InChI is InChI=1S/C19H23N5O2/c20-17(21)13-4-6-14(7-5-13)24-10-11-26-16-12-15(22-18(16)24)19(25)23-8-2-1-3-9-23/h4-7,12,22H,1-3,8-11H2,(H3,20,21). The molecule has 4 N–H and O–H groups in total. The van der Waals surface area contributed by atoms with Crippen LogP contribution in [-0.4, -0.2) is 47.9 Å². The molecule has 26 heavy (non-hydrogen) atoms. The second-order valence-electron chi connectivity index (χ2n) is 6.71. The third-order valence-corrected chi connectivity index (χ3v) is 4.97. The van der Waals surface area contributed by atoms with E-state index in [9.17, 15) is 4.79 Å². The number of hydrogen-bond donors (Lipinski definition) is 3. The molecule has 136 valence electrons. The van der Waals surface area contributed by atoms with Crippen LogP contribution in [0, 0.1) is 5.41 Å². The van der Waals surface area contributed by atoms with Gasteiger partial charge < -0.3 is 25.3 Å². The number of piperidine rings is 1. The molecule has 7 heteroatoms. The molecule has 0 aliphatic carbocycles. The number of carbonyl (C=O) groups is 1. The Labute approximate surface area is 152 Å². The van der Waals surface area contributed by atoms with Gasteiger partial charge in [-0.25, -0.2) is 0 Å². The first-order chi connectivity index (χ1) is 12.6. The highest BCUT2D eigenvalue weighted by molar-refractivity contribution is 5.96. The molecule has 0 spiro atoms. The summed E-state index contributed by atoms with van der Waals surface area (Å²) in [5.41, 5.74) is 7.76. The number of amides is 1. The van der Waals surface area contributed by atoms with Gasteiger partial charge in [0.2, 0.25) is 0 Å². The van der Waals surface area contributed by atoms with Gasteiger partial charge in [-0.15, -0.1) is 0 Å². The van der Waals surface area contributed by atoms with Crippen molar-refractivity contribution in [3.8, 4) is 5.75 Å². The molecule has 1 amide bonds. The Morgan fingerprint density at radius 2 is 1.85 bits per heavy atom. The van der Waals surface area contributed by atoms with Gasteiger partial charge in [-0.05, 0) is 43.5 Å². The Kier molecular flexibility index (Phi) is 4.28. The number of H-pyrrole nitrogens is 1. The van der Waals surface area contributed by atoms with Crippen molar-refractivity contribution in [1.82, 2.24) is 9.88 Å². The van der Waals surface area contributed by atoms with Crippen molar-refractivity contribution < 1.29 is 9.53 Å². The quantitative estimate of drug-likeness (QED) is 0.583. The van der Waals surface area contributed by atoms with Crippen molar-refractivity contribution in [1.29, 1.82) is 5.41 Å². The first kappa shape index (κ1) is 16.5. The Bertz CT molecular complexity index is 821. The lowest BCUT2D eigenvalue weighted by Crippen LogP contribution is -2.35. The minimum absolute atomic E-state index is 0.0366. The van der Waals surface area contributed by atoms with Crippen LogP contribution >= 0.6 is 0 Å². The molecule has 0 bridgehead atoms. The van der Waals surface area contributed by atoms with Gasteiger partial charge in [0.15, 0.2) is 11.6 Å². The van der Waals surface area contributed by atoms with E-state index in [1.54, 1.807) is 0 Å². The number of aromatic amines is 1. The van der Waals surface area contributed by atoms with Crippen LogP contribution in [-0.2, 0) is 0 Å². The van der Waals surface area contributed by atoms with Crippen LogP contribution in [0.4, 0.5) is 11.5 Å². The number of ether oxygens (including phenoxy) is 1. The smallest absolute Gasteiger partial charge is 0.270 e. The number of nitrogens with two attached hydrogens (primary N) is 1. The molecule has 1 aromatic heterocycles. The highest BCUT2D eigenvalue weighted by Crippen LogP contribution is 2.37. The lowest BCUT2D eigenvalue weighted by atomic mass is 10.1. The summed E-state index contributed by atoms with van der Waals surface area (Å²) in [6.07, 6.45) is 3.33. The van der Waals surface area contributed by atoms with E-state index in [0.29, 0.717) is 30.2 Å². The van der Waals surface area contributed by atoms with Crippen LogP contribution in [0.2, 0.25) is 0 Å². The molecule has 7 nitrogen and oxygen atoms in total. The fourth-order valence-electron chi connectivity index (χ4n) is 3.56. The van der Waals surface area contributed by atoms with Gasteiger partial charge in [0.05, 0.1) is 6.54 Å². The fourth-order valence-corrected chi connectivity index (χ4v) is 3.56. The lowest BCUT2D eigenvalue weighted by Gasteiger charge is -2.29. The van der Waals surface area contributed by atoms with E-state index in [4.69, 9.17) is 15.9 Å². The van der Waals surface area contributed by atoms with Crippen molar-refractivity contribution >= 4 is 23.2 Å². The molecular weight excluding hydrogens is 330 g/mol. The van der Waals surface area contributed by atoms with Crippen LogP contribution < -0.4 is 15.4 Å². The predicted octanol–water partition coefficient (Wildman–Crippen LogP) is 2.46. The average Bonchev–Trinajstić information content (AvgIpc) is 3.12. The summed E-state index contributed by atoms with van der Waals surface area (Å²) in [7, 11) is 0. The van der Waals surface area contributed by atoms with E-state index in [0.717, 1.165) is 37.4 Å². The molecule has 2 aliphatic rings. The fraction of sp³-hybridized carbons (Fsp3) is 0.368. The van der Waals surface area contributed by atoms with Gasteiger partial charge in [0.25, 0.3) is 5.91 Å².